The number of benzene rings is 2. The summed E-state index contributed by atoms with van der Waals surface area (Å²) in [6.07, 6.45) is -0.731. The number of nitrogens with one attached hydrogen (secondary N) is 1. The molecule has 6 nitrogen and oxygen atoms in total. The first-order valence-corrected chi connectivity index (χ1v) is 10.8. The van der Waals surface area contributed by atoms with Gasteiger partial charge in [-0.25, -0.2) is 8.42 Å². The average molecular weight is 405 g/mol. The summed E-state index contributed by atoms with van der Waals surface area (Å²) < 4.78 is 32.8. The number of carbonyl (C=O) groups is 1. The highest BCUT2D eigenvalue weighted by Crippen LogP contribution is 2.24. The molecule has 0 fully saturated rings. The van der Waals surface area contributed by atoms with Crippen molar-refractivity contribution in [2.45, 2.75) is 45.6 Å². The van der Waals surface area contributed by atoms with Crippen molar-refractivity contribution in [1.82, 2.24) is 4.31 Å². The normalized spacial score (nSPS) is 12.6. The summed E-state index contributed by atoms with van der Waals surface area (Å²) in [6, 6.07) is 12.3. The predicted molar refractivity (Wildman–Crippen MR) is 111 cm³/mol. The monoisotopic (exact) mass is 404 g/mol. The summed E-state index contributed by atoms with van der Waals surface area (Å²) in [5.41, 5.74) is 2.09. The summed E-state index contributed by atoms with van der Waals surface area (Å²) in [5.74, 6) is 0.257. The summed E-state index contributed by atoms with van der Waals surface area (Å²) in [7, 11) is -3.61. The molecule has 0 aliphatic rings. The van der Waals surface area contributed by atoms with Gasteiger partial charge in [-0.3, -0.25) is 4.79 Å². The number of hydrogen-bond acceptors (Lipinski definition) is 4. The van der Waals surface area contributed by atoms with Gasteiger partial charge in [0.15, 0.2) is 6.10 Å². The lowest BCUT2D eigenvalue weighted by atomic mass is 10.2. The average Bonchev–Trinajstić information content (AvgIpc) is 2.63. The number of hydrogen-bond donors (Lipinski definition) is 1. The van der Waals surface area contributed by atoms with E-state index in [1.807, 2.05) is 25.1 Å². The molecular weight excluding hydrogens is 376 g/mol. The zero-order valence-electron chi connectivity index (χ0n) is 17.0. The topological polar surface area (TPSA) is 75.7 Å². The fraction of sp³-hybridized carbons (Fsp3) is 0.381. The molecule has 0 saturated heterocycles. The minimum atomic E-state index is -3.61. The lowest BCUT2D eigenvalue weighted by Crippen LogP contribution is -2.32. The standard InChI is InChI=1S/C21H28N2O4S/c1-6-23(7-2)28(25,26)20-14-18(12-11-16(20)4)22-21(24)17(5)27-19-10-8-9-15(3)13-19/h8-14,17H,6-7H2,1-5H3,(H,22,24)/t17-/m1/s1. The second-order valence-corrected chi connectivity index (χ2v) is 8.54. The minimum Gasteiger partial charge on any atom is -0.481 e. The fourth-order valence-electron chi connectivity index (χ4n) is 2.85. The molecule has 0 heterocycles. The molecule has 2 rings (SSSR count). The second-order valence-electron chi connectivity index (χ2n) is 6.64. The van der Waals surface area contributed by atoms with E-state index in [-0.39, 0.29) is 10.8 Å². The molecule has 0 aliphatic heterocycles. The molecular formula is C21H28N2O4S. The molecule has 2 aromatic rings. The van der Waals surface area contributed by atoms with Crippen LogP contribution in [0.4, 0.5) is 5.69 Å². The maximum atomic E-state index is 12.8. The third kappa shape index (κ3) is 5.11. The van der Waals surface area contributed by atoms with Crippen molar-refractivity contribution in [2.75, 3.05) is 18.4 Å². The van der Waals surface area contributed by atoms with Crippen molar-refractivity contribution >= 4 is 21.6 Å². The third-order valence-electron chi connectivity index (χ3n) is 4.45. The van der Waals surface area contributed by atoms with Crippen LogP contribution in [0.1, 0.15) is 31.9 Å². The zero-order valence-corrected chi connectivity index (χ0v) is 17.8. The molecule has 28 heavy (non-hydrogen) atoms. The zero-order chi connectivity index (χ0) is 20.9. The van der Waals surface area contributed by atoms with E-state index >= 15 is 0 Å². The van der Waals surface area contributed by atoms with Crippen LogP contribution in [-0.2, 0) is 14.8 Å². The van der Waals surface area contributed by atoms with Gasteiger partial charge < -0.3 is 10.1 Å². The van der Waals surface area contributed by atoms with E-state index in [0.717, 1.165) is 5.56 Å². The summed E-state index contributed by atoms with van der Waals surface area (Å²) in [4.78, 5) is 12.7. The van der Waals surface area contributed by atoms with Gasteiger partial charge in [0.1, 0.15) is 5.75 Å². The molecule has 1 N–H and O–H groups in total. The Balaban J connectivity index is 2.19. The molecule has 0 unspecified atom stereocenters. The van der Waals surface area contributed by atoms with Crippen LogP contribution in [-0.4, -0.2) is 37.8 Å². The molecule has 7 heteroatoms. The molecule has 0 bridgehead atoms. The van der Waals surface area contributed by atoms with Crippen molar-refractivity contribution in [3.05, 3.63) is 53.6 Å². The predicted octanol–water partition coefficient (Wildman–Crippen LogP) is 3.74. The Morgan fingerprint density at radius 1 is 1.11 bits per heavy atom. The molecule has 1 atom stereocenters. The molecule has 0 saturated carbocycles. The largest absolute Gasteiger partial charge is 0.481 e. The number of amides is 1. The Bertz CT molecular complexity index is 937. The number of nitrogens with zero attached hydrogens (tertiary/aromatic N) is 1. The molecule has 0 radical (unpaired) electrons. The molecule has 0 aliphatic carbocycles. The van der Waals surface area contributed by atoms with Gasteiger partial charge in [-0.05, 0) is 56.2 Å². The van der Waals surface area contributed by atoms with Crippen LogP contribution in [0, 0.1) is 13.8 Å². The van der Waals surface area contributed by atoms with Crippen molar-refractivity contribution in [1.29, 1.82) is 0 Å². The minimum absolute atomic E-state index is 0.196. The molecule has 2 aromatic carbocycles. The highest BCUT2D eigenvalue weighted by atomic mass is 32.2. The van der Waals surface area contributed by atoms with Gasteiger partial charge in [-0.1, -0.05) is 32.0 Å². The maximum Gasteiger partial charge on any atom is 0.265 e. The van der Waals surface area contributed by atoms with E-state index in [4.69, 9.17) is 4.74 Å². The first-order chi connectivity index (χ1) is 13.2. The lowest BCUT2D eigenvalue weighted by molar-refractivity contribution is -0.122. The van der Waals surface area contributed by atoms with Gasteiger partial charge in [-0.15, -0.1) is 0 Å². The van der Waals surface area contributed by atoms with Crippen molar-refractivity contribution in [2.24, 2.45) is 0 Å². The van der Waals surface area contributed by atoms with Crippen molar-refractivity contribution in [3.8, 4) is 5.75 Å². The van der Waals surface area contributed by atoms with Gasteiger partial charge >= 0.3 is 0 Å². The summed E-state index contributed by atoms with van der Waals surface area (Å²) >= 11 is 0. The van der Waals surface area contributed by atoms with Crippen LogP contribution in [0.2, 0.25) is 0 Å². The van der Waals surface area contributed by atoms with E-state index in [0.29, 0.717) is 30.1 Å². The van der Waals surface area contributed by atoms with Gasteiger partial charge in [-0.2, -0.15) is 4.31 Å². The van der Waals surface area contributed by atoms with Crippen LogP contribution in [0.25, 0.3) is 0 Å². The van der Waals surface area contributed by atoms with Crippen LogP contribution < -0.4 is 10.1 Å². The van der Waals surface area contributed by atoms with E-state index in [1.54, 1.807) is 45.9 Å². The van der Waals surface area contributed by atoms with E-state index < -0.39 is 16.1 Å². The van der Waals surface area contributed by atoms with Crippen LogP contribution in [0.15, 0.2) is 47.4 Å². The SMILES string of the molecule is CCN(CC)S(=O)(=O)c1cc(NC(=O)[C@@H](C)Oc2cccc(C)c2)ccc1C. The molecule has 0 aromatic heterocycles. The molecule has 0 spiro atoms. The smallest absolute Gasteiger partial charge is 0.265 e. The van der Waals surface area contributed by atoms with Gasteiger partial charge in [0.05, 0.1) is 4.90 Å². The number of sulfonamides is 1. The maximum absolute atomic E-state index is 12.8. The highest BCUT2D eigenvalue weighted by Gasteiger charge is 2.24. The highest BCUT2D eigenvalue weighted by molar-refractivity contribution is 7.89. The van der Waals surface area contributed by atoms with Gasteiger partial charge in [0.2, 0.25) is 10.0 Å². The van der Waals surface area contributed by atoms with Crippen molar-refractivity contribution in [3.63, 3.8) is 0 Å². The van der Waals surface area contributed by atoms with E-state index in [9.17, 15) is 13.2 Å². The molecule has 152 valence electrons. The summed E-state index contributed by atoms with van der Waals surface area (Å²) in [5, 5.41) is 2.74. The Hall–Kier alpha value is -2.38. The first kappa shape index (κ1) is 21.9. The number of aryl methyl sites for hydroxylation is 2. The number of carbonyl (C=O) groups excluding carboxylic acids is 1. The Kier molecular flexibility index (Phi) is 7.21. The quantitative estimate of drug-likeness (QED) is 0.727. The second kappa shape index (κ2) is 9.21. The number of anilines is 1. The Labute approximate surface area is 167 Å². The summed E-state index contributed by atoms with van der Waals surface area (Å²) in [6.45, 7) is 9.71. The lowest BCUT2D eigenvalue weighted by Gasteiger charge is -2.21. The van der Waals surface area contributed by atoms with Crippen LogP contribution >= 0.6 is 0 Å². The fourth-order valence-corrected chi connectivity index (χ4v) is 4.56. The Morgan fingerprint density at radius 3 is 2.39 bits per heavy atom. The Morgan fingerprint density at radius 2 is 1.79 bits per heavy atom. The third-order valence-corrected chi connectivity index (χ3v) is 6.64. The van der Waals surface area contributed by atoms with Gasteiger partial charge in [0, 0.05) is 18.8 Å². The van der Waals surface area contributed by atoms with Crippen LogP contribution in [0.3, 0.4) is 0 Å². The van der Waals surface area contributed by atoms with Crippen molar-refractivity contribution < 1.29 is 17.9 Å². The number of ether oxygens (including phenoxy) is 1. The van der Waals surface area contributed by atoms with Gasteiger partial charge in [0.25, 0.3) is 5.91 Å². The molecule has 1 amide bonds. The van der Waals surface area contributed by atoms with Crippen LogP contribution in [0.5, 0.6) is 5.75 Å². The van der Waals surface area contributed by atoms with E-state index in [2.05, 4.69) is 5.32 Å². The first-order valence-electron chi connectivity index (χ1n) is 9.34. The number of rotatable bonds is 8. The van der Waals surface area contributed by atoms with E-state index in [1.165, 1.54) is 10.4 Å².